The Balaban J connectivity index is 3.15. The van der Waals surface area contributed by atoms with Gasteiger partial charge in [0.1, 0.15) is 5.82 Å². The van der Waals surface area contributed by atoms with Crippen LogP contribution in [-0.2, 0) is 4.79 Å². The number of halogens is 2. The molecule has 0 amide bonds. The number of hydrogen-bond donors (Lipinski definition) is 2. The Labute approximate surface area is 86.6 Å². The molecule has 0 aliphatic heterocycles. The molecule has 1 unspecified atom stereocenters. The second kappa shape index (κ2) is 3.97. The number of aliphatic carboxylic acids is 1. The molecule has 1 atom stereocenters. The highest BCUT2D eigenvalue weighted by Crippen LogP contribution is 2.19. The van der Waals surface area contributed by atoms with Crippen LogP contribution in [0.5, 0.6) is 0 Å². The maximum Gasteiger partial charge on any atom is 0.338 e. The van der Waals surface area contributed by atoms with Crippen molar-refractivity contribution in [2.45, 2.75) is 6.10 Å². The molecule has 0 bridgehead atoms. The molecule has 1 heterocycles. The zero-order chi connectivity index (χ0) is 10.0. The van der Waals surface area contributed by atoms with Gasteiger partial charge in [-0.05, 0) is 28.7 Å². The molecule has 0 aliphatic carbocycles. The third kappa shape index (κ3) is 2.13. The van der Waals surface area contributed by atoms with Crippen molar-refractivity contribution in [3.05, 3.63) is 27.3 Å². The largest absolute Gasteiger partial charge is 0.479 e. The normalized spacial score (nSPS) is 12.5. The van der Waals surface area contributed by atoms with Gasteiger partial charge in [0.2, 0.25) is 0 Å². The Hall–Kier alpha value is -0.760. The fourth-order valence-electron chi connectivity index (χ4n) is 0.743. The fourth-order valence-corrected chi connectivity index (χ4v) is 1.36. The van der Waals surface area contributed by atoms with Crippen LogP contribution in [0.25, 0.3) is 0 Å². The van der Waals surface area contributed by atoms with Crippen molar-refractivity contribution in [3.63, 3.8) is 0 Å². The Morgan fingerprint density at radius 2 is 2.31 bits per heavy atom. The molecular formula is C7H5FINO3. The van der Waals surface area contributed by atoms with Gasteiger partial charge in [-0.15, -0.1) is 0 Å². The number of carbonyl (C=O) groups is 1. The maximum absolute atomic E-state index is 12.9. The van der Waals surface area contributed by atoms with Gasteiger partial charge >= 0.3 is 5.97 Å². The standard InChI is InChI=1S/C7H5FINO3/c8-3-1-2-10-5(4(3)9)6(11)7(12)13/h1-2,6,11H,(H,12,13). The van der Waals surface area contributed by atoms with E-state index in [9.17, 15) is 9.18 Å². The lowest BCUT2D eigenvalue weighted by molar-refractivity contribution is -0.147. The molecule has 4 nitrogen and oxygen atoms in total. The highest BCUT2D eigenvalue weighted by molar-refractivity contribution is 14.1. The average Bonchev–Trinajstić information content (AvgIpc) is 2.08. The number of rotatable bonds is 2. The number of hydrogen-bond acceptors (Lipinski definition) is 3. The number of nitrogens with zero attached hydrogens (tertiary/aromatic N) is 1. The Kier molecular flexibility index (Phi) is 3.15. The van der Waals surface area contributed by atoms with E-state index in [0.29, 0.717) is 0 Å². The van der Waals surface area contributed by atoms with Crippen molar-refractivity contribution < 1.29 is 19.4 Å². The lowest BCUT2D eigenvalue weighted by atomic mass is 10.2. The lowest BCUT2D eigenvalue weighted by Crippen LogP contribution is -2.14. The van der Waals surface area contributed by atoms with Crippen LogP contribution in [0.3, 0.4) is 0 Å². The summed E-state index contributed by atoms with van der Waals surface area (Å²) in [6.45, 7) is 0. The first kappa shape index (κ1) is 10.3. The van der Waals surface area contributed by atoms with Crippen LogP contribution in [0.2, 0.25) is 0 Å². The Bertz CT molecular complexity index is 345. The summed E-state index contributed by atoms with van der Waals surface area (Å²) < 4.78 is 12.9. The van der Waals surface area contributed by atoms with Gasteiger partial charge in [-0.2, -0.15) is 0 Å². The van der Waals surface area contributed by atoms with E-state index in [-0.39, 0.29) is 9.26 Å². The van der Waals surface area contributed by atoms with Crippen LogP contribution >= 0.6 is 22.6 Å². The summed E-state index contributed by atoms with van der Waals surface area (Å²) in [6, 6.07) is 1.10. The van der Waals surface area contributed by atoms with Crippen LogP contribution in [0.1, 0.15) is 11.8 Å². The minimum atomic E-state index is -1.78. The van der Waals surface area contributed by atoms with E-state index in [1.54, 1.807) is 22.6 Å². The highest BCUT2D eigenvalue weighted by Gasteiger charge is 2.21. The van der Waals surface area contributed by atoms with Crippen molar-refractivity contribution in [2.75, 3.05) is 0 Å². The van der Waals surface area contributed by atoms with E-state index in [1.165, 1.54) is 0 Å². The second-order valence-electron chi connectivity index (χ2n) is 2.23. The molecule has 0 saturated heterocycles. The Morgan fingerprint density at radius 1 is 1.69 bits per heavy atom. The van der Waals surface area contributed by atoms with Crippen molar-refractivity contribution in [3.8, 4) is 0 Å². The zero-order valence-corrected chi connectivity index (χ0v) is 8.40. The van der Waals surface area contributed by atoms with E-state index >= 15 is 0 Å². The third-order valence-electron chi connectivity index (χ3n) is 1.36. The predicted octanol–water partition coefficient (Wildman–Crippen LogP) is 0.943. The molecule has 2 N–H and O–H groups in total. The van der Waals surface area contributed by atoms with E-state index in [2.05, 4.69) is 4.98 Å². The summed E-state index contributed by atoms with van der Waals surface area (Å²) in [5.74, 6) is -2.04. The molecule has 6 heteroatoms. The number of aliphatic hydroxyl groups is 1. The summed E-state index contributed by atoms with van der Waals surface area (Å²) >= 11 is 1.59. The summed E-state index contributed by atoms with van der Waals surface area (Å²) in [4.78, 5) is 13.9. The van der Waals surface area contributed by atoms with Crippen LogP contribution in [0.4, 0.5) is 4.39 Å². The fraction of sp³-hybridized carbons (Fsp3) is 0.143. The van der Waals surface area contributed by atoms with E-state index in [1.807, 2.05) is 0 Å². The van der Waals surface area contributed by atoms with Crippen molar-refractivity contribution >= 4 is 28.6 Å². The lowest BCUT2D eigenvalue weighted by Gasteiger charge is -2.06. The van der Waals surface area contributed by atoms with Crippen molar-refractivity contribution in [2.24, 2.45) is 0 Å². The van der Waals surface area contributed by atoms with E-state index < -0.39 is 17.9 Å². The molecule has 1 aromatic heterocycles. The van der Waals surface area contributed by atoms with Gasteiger partial charge in [-0.3, -0.25) is 4.98 Å². The van der Waals surface area contributed by atoms with Crippen LogP contribution in [-0.4, -0.2) is 21.2 Å². The van der Waals surface area contributed by atoms with Gasteiger partial charge < -0.3 is 10.2 Å². The first-order valence-electron chi connectivity index (χ1n) is 3.25. The zero-order valence-electron chi connectivity index (χ0n) is 6.24. The van der Waals surface area contributed by atoms with Gasteiger partial charge in [-0.25, -0.2) is 9.18 Å². The first-order valence-corrected chi connectivity index (χ1v) is 4.32. The third-order valence-corrected chi connectivity index (χ3v) is 2.43. The monoisotopic (exact) mass is 297 g/mol. The molecule has 1 rings (SSSR count). The van der Waals surface area contributed by atoms with E-state index in [4.69, 9.17) is 10.2 Å². The Morgan fingerprint density at radius 3 is 2.85 bits per heavy atom. The first-order chi connectivity index (χ1) is 6.04. The van der Waals surface area contributed by atoms with Crippen LogP contribution < -0.4 is 0 Å². The minimum Gasteiger partial charge on any atom is -0.479 e. The topological polar surface area (TPSA) is 70.4 Å². The molecule has 0 fully saturated rings. The van der Waals surface area contributed by atoms with Crippen LogP contribution in [0.15, 0.2) is 12.3 Å². The van der Waals surface area contributed by atoms with Gasteiger partial charge in [0.25, 0.3) is 0 Å². The quantitative estimate of drug-likeness (QED) is 0.797. The van der Waals surface area contributed by atoms with Gasteiger partial charge in [0, 0.05) is 6.20 Å². The number of aliphatic hydroxyl groups excluding tert-OH is 1. The molecule has 70 valence electrons. The highest BCUT2D eigenvalue weighted by atomic mass is 127. The minimum absolute atomic E-state index is 0.0231. The summed E-state index contributed by atoms with van der Waals surface area (Å²) in [5.41, 5.74) is -0.173. The van der Waals surface area contributed by atoms with Crippen molar-refractivity contribution in [1.29, 1.82) is 0 Å². The second-order valence-corrected chi connectivity index (χ2v) is 3.31. The number of pyridine rings is 1. The molecule has 0 spiro atoms. The molecule has 0 aromatic carbocycles. The predicted molar refractivity (Wildman–Crippen MR) is 49.5 cm³/mol. The molecule has 1 aromatic rings. The maximum atomic E-state index is 12.9. The van der Waals surface area contributed by atoms with Crippen LogP contribution in [0, 0.1) is 9.39 Å². The van der Waals surface area contributed by atoms with Gasteiger partial charge in [0.15, 0.2) is 6.10 Å². The molecule has 0 radical (unpaired) electrons. The SMILES string of the molecule is O=C(O)C(O)c1nccc(F)c1I. The smallest absolute Gasteiger partial charge is 0.338 e. The number of carboxylic acid groups (broad SMARTS) is 1. The summed E-state index contributed by atoms with van der Waals surface area (Å²) in [7, 11) is 0. The summed E-state index contributed by atoms with van der Waals surface area (Å²) in [6.07, 6.45) is -0.665. The molecule has 0 aliphatic rings. The number of carboxylic acids is 1. The van der Waals surface area contributed by atoms with Crippen molar-refractivity contribution in [1.82, 2.24) is 4.98 Å². The molecule has 13 heavy (non-hydrogen) atoms. The van der Waals surface area contributed by atoms with Gasteiger partial charge in [0.05, 0.1) is 9.26 Å². The summed E-state index contributed by atoms with van der Waals surface area (Å²) in [5, 5.41) is 17.5. The number of aromatic nitrogens is 1. The molecule has 0 saturated carbocycles. The molecular weight excluding hydrogens is 292 g/mol. The van der Waals surface area contributed by atoms with E-state index in [0.717, 1.165) is 12.3 Å². The average molecular weight is 297 g/mol. The van der Waals surface area contributed by atoms with Gasteiger partial charge in [-0.1, -0.05) is 0 Å².